The van der Waals surface area contributed by atoms with Crippen LogP contribution in [0.4, 0.5) is 0 Å². The number of rotatable bonds is 7. The molecule has 1 aliphatic heterocycles. The zero-order valence-corrected chi connectivity index (χ0v) is 12.8. The van der Waals surface area contributed by atoms with Gasteiger partial charge < -0.3 is 19.7 Å². The largest absolute Gasteiger partial charge is 0.486 e. The van der Waals surface area contributed by atoms with Crippen LogP contribution in [0.25, 0.3) is 0 Å². The van der Waals surface area contributed by atoms with Crippen molar-refractivity contribution in [1.82, 2.24) is 10.2 Å². The van der Waals surface area contributed by atoms with Gasteiger partial charge in [-0.15, -0.1) is 0 Å². The molecule has 0 saturated heterocycles. The van der Waals surface area contributed by atoms with E-state index in [4.69, 9.17) is 9.47 Å². The zero-order valence-electron chi connectivity index (χ0n) is 12.8. The molecule has 0 bridgehead atoms. The lowest BCUT2D eigenvalue weighted by Gasteiger charge is -2.26. The number of hydrogen-bond donors (Lipinski definition) is 1. The average Bonchev–Trinajstić information content (AvgIpc) is 2.52. The Hall–Kier alpha value is -1.75. The fourth-order valence-corrected chi connectivity index (χ4v) is 2.36. The molecule has 0 saturated carbocycles. The molecule has 116 valence electrons. The number of ether oxygens (including phenoxy) is 2. The molecule has 1 atom stereocenters. The Morgan fingerprint density at radius 2 is 2.00 bits per heavy atom. The summed E-state index contributed by atoms with van der Waals surface area (Å²) in [6, 6.07) is 7.67. The first-order valence-electron chi connectivity index (χ1n) is 7.61. The van der Waals surface area contributed by atoms with Crippen LogP contribution in [0.15, 0.2) is 24.3 Å². The summed E-state index contributed by atoms with van der Waals surface area (Å²) in [5, 5.41) is 3.27. The molecule has 5 nitrogen and oxygen atoms in total. The van der Waals surface area contributed by atoms with Crippen molar-refractivity contribution in [2.45, 2.75) is 26.4 Å². The summed E-state index contributed by atoms with van der Waals surface area (Å²) in [6.07, 6.45) is 0.509. The predicted octanol–water partition coefficient (Wildman–Crippen LogP) is 1.67. The summed E-state index contributed by atoms with van der Waals surface area (Å²) < 4.78 is 11.5. The molecule has 0 aliphatic carbocycles. The van der Waals surface area contributed by atoms with Gasteiger partial charge in [0.2, 0.25) is 5.91 Å². The van der Waals surface area contributed by atoms with Crippen LogP contribution < -0.4 is 14.8 Å². The number of benzene rings is 1. The van der Waals surface area contributed by atoms with Gasteiger partial charge in [-0.3, -0.25) is 4.79 Å². The van der Waals surface area contributed by atoms with Gasteiger partial charge in [-0.05, 0) is 26.0 Å². The lowest BCUT2D eigenvalue weighted by atomic mass is 10.2. The number of hydrogen-bond acceptors (Lipinski definition) is 4. The van der Waals surface area contributed by atoms with Gasteiger partial charge in [0.15, 0.2) is 11.5 Å². The van der Waals surface area contributed by atoms with Gasteiger partial charge in [0.1, 0.15) is 12.7 Å². The van der Waals surface area contributed by atoms with Crippen LogP contribution in [0.1, 0.15) is 20.3 Å². The van der Waals surface area contributed by atoms with Crippen LogP contribution in [-0.2, 0) is 4.79 Å². The van der Waals surface area contributed by atoms with E-state index in [1.165, 1.54) is 0 Å². The third-order valence-electron chi connectivity index (χ3n) is 3.57. The van der Waals surface area contributed by atoms with Crippen molar-refractivity contribution in [2.75, 3.05) is 32.8 Å². The number of nitrogens with one attached hydrogen (secondary N) is 1. The minimum Gasteiger partial charge on any atom is -0.486 e. The van der Waals surface area contributed by atoms with Crippen LogP contribution in [0.3, 0.4) is 0 Å². The van der Waals surface area contributed by atoms with Crippen molar-refractivity contribution in [3.8, 4) is 11.5 Å². The molecular formula is C16H24N2O3. The number of nitrogens with zero attached hydrogens (tertiary/aromatic N) is 1. The number of fused-ring (bicyclic) bond motifs is 1. The Kier molecular flexibility index (Phi) is 5.87. The van der Waals surface area contributed by atoms with E-state index in [1.54, 1.807) is 0 Å². The lowest BCUT2D eigenvalue weighted by Crippen LogP contribution is -2.40. The zero-order chi connectivity index (χ0) is 15.1. The maximum atomic E-state index is 11.9. The minimum atomic E-state index is -0.0107. The molecule has 1 heterocycles. The summed E-state index contributed by atoms with van der Waals surface area (Å²) in [7, 11) is 0. The molecule has 1 aromatic rings. The highest BCUT2D eigenvalue weighted by Crippen LogP contribution is 2.30. The summed E-state index contributed by atoms with van der Waals surface area (Å²) in [4.78, 5) is 13.7. The van der Waals surface area contributed by atoms with E-state index in [0.29, 0.717) is 26.1 Å². The number of carbonyl (C=O) groups excluding carboxylic acids is 1. The summed E-state index contributed by atoms with van der Waals surface area (Å²) in [5.74, 6) is 1.78. The summed E-state index contributed by atoms with van der Waals surface area (Å²) in [6.45, 7) is 7.42. The first-order valence-corrected chi connectivity index (χ1v) is 7.61. The van der Waals surface area contributed by atoms with E-state index in [9.17, 15) is 4.79 Å². The fraction of sp³-hybridized carbons (Fsp3) is 0.562. The molecule has 0 aromatic heterocycles. The fourth-order valence-electron chi connectivity index (χ4n) is 2.36. The molecule has 5 heteroatoms. The normalized spacial score (nSPS) is 16.6. The lowest BCUT2D eigenvalue weighted by molar-refractivity contribution is -0.130. The van der Waals surface area contributed by atoms with E-state index in [1.807, 2.05) is 43.0 Å². The van der Waals surface area contributed by atoms with Gasteiger partial charge in [-0.1, -0.05) is 12.1 Å². The van der Waals surface area contributed by atoms with Crippen molar-refractivity contribution in [1.29, 1.82) is 0 Å². The monoisotopic (exact) mass is 292 g/mol. The second kappa shape index (κ2) is 7.88. The average molecular weight is 292 g/mol. The SMILES string of the molecule is CCN(CC)C(=O)CCNCC1COc2ccccc2O1. The maximum absolute atomic E-state index is 11.9. The third kappa shape index (κ3) is 4.36. The smallest absolute Gasteiger partial charge is 0.223 e. The molecule has 1 aromatic carbocycles. The van der Waals surface area contributed by atoms with Crippen molar-refractivity contribution >= 4 is 5.91 Å². The van der Waals surface area contributed by atoms with Crippen LogP contribution in [-0.4, -0.2) is 49.7 Å². The van der Waals surface area contributed by atoms with Gasteiger partial charge in [0.05, 0.1) is 0 Å². The molecule has 1 N–H and O–H groups in total. The molecule has 21 heavy (non-hydrogen) atoms. The second-order valence-electron chi connectivity index (χ2n) is 5.02. The van der Waals surface area contributed by atoms with E-state index in [-0.39, 0.29) is 12.0 Å². The standard InChI is InChI=1S/C16H24N2O3/c1-3-18(4-2)16(19)9-10-17-11-13-12-20-14-7-5-6-8-15(14)21-13/h5-8,13,17H,3-4,9-12H2,1-2H3. The molecule has 1 unspecified atom stereocenters. The van der Waals surface area contributed by atoms with Crippen molar-refractivity contribution in [2.24, 2.45) is 0 Å². The molecular weight excluding hydrogens is 268 g/mol. The maximum Gasteiger partial charge on any atom is 0.223 e. The van der Waals surface area contributed by atoms with E-state index < -0.39 is 0 Å². The third-order valence-corrected chi connectivity index (χ3v) is 3.57. The topological polar surface area (TPSA) is 50.8 Å². The van der Waals surface area contributed by atoms with Gasteiger partial charge >= 0.3 is 0 Å². The minimum absolute atomic E-state index is 0.0107. The van der Waals surface area contributed by atoms with Crippen LogP contribution in [0, 0.1) is 0 Å². The van der Waals surface area contributed by atoms with Crippen LogP contribution in [0.5, 0.6) is 11.5 Å². The van der Waals surface area contributed by atoms with Crippen LogP contribution in [0.2, 0.25) is 0 Å². The van der Waals surface area contributed by atoms with E-state index >= 15 is 0 Å². The van der Waals surface area contributed by atoms with E-state index in [0.717, 1.165) is 24.6 Å². The van der Waals surface area contributed by atoms with Gasteiger partial charge in [-0.25, -0.2) is 0 Å². The summed E-state index contributed by atoms with van der Waals surface area (Å²) in [5.41, 5.74) is 0. The first kappa shape index (κ1) is 15.6. The first-order chi connectivity index (χ1) is 10.2. The molecule has 0 spiro atoms. The van der Waals surface area contributed by atoms with Crippen molar-refractivity contribution in [3.63, 3.8) is 0 Å². The highest BCUT2D eigenvalue weighted by molar-refractivity contribution is 5.76. The molecule has 1 aliphatic rings. The van der Waals surface area contributed by atoms with Gasteiger partial charge in [0.25, 0.3) is 0 Å². The molecule has 0 radical (unpaired) electrons. The Balaban J connectivity index is 1.67. The Morgan fingerprint density at radius 3 is 2.71 bits per heavy atom. The van der Waals surface area contributed by atoms with Gasteiger partial charge in [0, 0.05) is 32.6 Å². The van der Waals surface area contributed by atoms with Gasteiger partial charge in [-0.2, -0.15) is 0 Å². The number of carbonyl (C=O) groups is 1. The Labute approximate surface area is 126 Å². The quantitative estimate of drug-likeness (QED) is 0.777. The second-order valence-corrected chi connectivity index (χ2v) is 5.02. The van der Waals surface area contributed by atoms with Crippen molar-refractivity contribution < 1.29 is 14.3 Å². The molecule has 2 rings (SSSR count). The highest BCUT2D eigenvalue weighted by atomic mass is 16.6. The molecule has 0 fully saturated rings. The Bertz CT molecular complexity index is 461. The highest BCUT2D eigenvalue weighted by Gasteiger charge is 2.20. The number of para-hydroxylation sites is 2. The Morgan fingerprint density at radius 1 is 1.29 bits per heavy atom. The predicted molar refractivity (Wildman–Crippen MR) is 81.8 cm³/mol. The van der Waals surface area contributed by atoms with Crippen molar-refractivity contribution in [3.05, 3.63) is 24.3 Å². The van der Waals surface area contributed by atoms with E-state index in [2.05, 4.69) is 5.32 Å². The van der Waals surface area contributed by atoms with Crippen LogP contribution >= 0.6 is 0 Å². The number of amides is 1. The summed E-state index contributed by atoms with van der Waals surface area (Å²) >= 11 is 0. The molecule has 1 amide bonds.